The largest absolute Gasteiger partial charge is 0.508 e. The Hall–Kier alpha value is -3.28. The molecule has 152 valence electrons. The number of likely N-dealkylation sites (tertiary alicyclic amines) is 1. The van der Waals surface area contributed by atoms with Crippen molar-refractivity contribution >= 4 is 17.4 Å². The van der Waals surface area contributed by atoms with Gasteiger partial charge in [0.25, 0.3) is 11.7 Å². The van der Waals surface area contributed by atoms with Crippen molar-refractivity contribution in [2.75, 3.05) is 13.7 Å². The Morgan fingerprint density at radius 2 is 1.83 bits per heavy atom. The van der Waals surface area contributed by atoms with E-state index < -0.39 is 17.7 Å². The Labute approximate surface area is 170 Å². The summed E-state index contributed by atoms with van der Waals surface area (Å²) in [5.41, 5.74) is 1.03. The third-order valence-electron chi connectivity index (χ3n) is 5.09. The fourth-order valence-corrected chi connectivity index (χ4v) is 3.59. The highest BCUT2D eigenvalue weighted by atomic mass is 16.5. The van der Waals surface area contributed by atoms with Crippen LogP contribution >= 0.6 is 0 Å². The van der Waals surface area contributed by atoms with Crippen LogP contribution in [0.15, 0.2) is 54.1 Å². The second-order valence-corrected chi connectivity index (χ2v) is 7.02. The number of Topliss-reactive ketones (excluding diaryl/α,β-unsaturated/α-hetero) is 1. The number of phenolic OH excluding ortho intramolecular Hbond substituents is 1. The van der Waals surface area contributed by atoms with Crippen molar-refractivity contribution < 1.29 is 24.5 Å². The fraction of sp³-hybridized carbons (Fsp3) is 0.304. The van der Waals surface area contributed by atoms with Crippen LogP contribution < -0.4 is 4.74 Å². The summed E-state index contributed by atoms with van der Waals surface area (Å²) in [5, 5.41) is 20.9. The first-order chi connectivity index (χ1) is 14.0. The van der Waals surface area contributed by atoms with Gasteiger partial charge < -0.3 is 19.8 Å². The molecular weight excluding hydrogens is 370 g/mol. The van der Waals surface area contributed by atoms with Gasteiger partial charge in [-0.25, -0.2) is 0 Å². The van der Waals surface area contributed by atoms with Crippen molar-refractivity contribution in [2.24, 2.45) is 0 Å². The molecule has 0 aliphatic carbocycles. The number of aromatic hydroxyl groups is 1. The summed E-state index contributed by atoms with van der Waals surface area (Å²) in [6, 6.07) is 12.3. The van der Waals surface area contributed by atoms with Gasteiger partial charge in [-0.1, -0.05) is 31.9 Å². The molecule has 1 saturated heterocycles. The van der Waals surface area contributed by atoms with Gasteiger partial charge in [0.1, 0.15) is 17.3 Å². The zero-order valence-corrected chi connectivity index (χ0v) is 16.6. The lowest BCUT2D eigenvalue weighted by molar-refractivity contribution is -0.139. The van der Waals surface area contributed by atoms with E-state index in [1.807, 2.05) is 0 Å². The van der Waals surface area contributed by atoms with E-state index >= 15 is 0 Å². The van der Waals surface area contributed by atoms with Crippen molar-refractivity contribution in [1.82, 2.24) is 4.90 Å². The molecule has 6 nitrogen and oxygen atoms in total. The number of unbranched alkanes of at least 4 members (excludes halogenated alkanes) is 2. The fourth-order valence-electron chi connectivity index (χ4n) is 3.59. The molecule has 0 radical (unpaired) electrons. The number of ketones is 1. The first-order valence-electron chi connectivity index (χ1n) is 9.69. The predicted octanol–water partition coefficient (Wildman–Crippen LogP) is 4.01. The molecule has 1 unspecified atom stereocenters. The van der Waals surface area contributed by atoms with Crippen LogP contribution in [0.4, 0.5) is 0 Å². The molecule has 0 spiro atoms. The molecule has 2 aromatic rings. The average molecular weight is 395 g/mol. The Balaban J connectivity index is 2.10. The van der Waals surface area contributed by atoms with E-state index in [9.17, 15) is 19.8 Å². The second kappa shape index (κ2) is 8.82. The minimum Gasteiger partial charge on any atom is -0.508 e. The van der Waals surface area contributed by atoms with Crippen LogP contribution in [0.1, 0.15) is 43.4 Å². The van der Waals surface area contributed by atoms with Crippen molar-refractivity contribution in [3.8, 4) is 11.5 Å². The maximum Gasteiger partial charge on any atom is 0.295 e. The lowest BCUT2D eigenvalue weighted by Gasteiger charge is -2.25. The molecule has 2 aromatic carbocycles. The van der Waals surface area contributed by atoms with Crippen LogP contribution in [0.25, 0.3) is 5.76 Å². The zero-order chi connectivity index (χ0) is 21.0. The molecule has 1 atom stereocenters. The standard InChI is InChI=1S/C23H25NO5/c1-3-4-5-13-24-20(16-7-6-8-17(25)14-16)19(22(27)23(24)28)21(26)15-9-11-18(29-2)12-10-15/h6-12,14,20,25-26H,3-5,13H2,1-2H3/b21-19-. The van der Waals surface area contributed by atoms with E-state index in [4.69, 9.17) is 4.74 Å². The second-order valence-electron chi connectivity index (χ2n) is 7.02. The normalized spacial score (nSPS) is 18.3. The molecule has 1 heterocycles. The molecule has 1 fully saturated rings. The van der Waals surface area contributed by atoms with E-state index in [-0.39, 0.29) is 17.1 Å². The lowest BCUT2D eigenvalue weighted by Crippen LogP contribution is -2.30. The first kappa shape index (κ1) is 20.5. The third kappa shape index (κ3) is 4.11. The van der Waals surface area contributed by atoms with Crippen LogP contribution in [0, 0.1) is 0 Å². The number of ether oxygens (including phenoxy) is 1. The molecule has 1 aliphatic heterocycles. The van der Waals surface area contributed by atoms with Crippen molar-refractivity contribution in [2.45, 2.75) is 32.2 Å². The van der Waals surface area contributed by atoms with Gasteiger partial charge in [0.15, 0.2) is 0 Å². The number of nitrogens with zero attached hydrogens (tertiary/aromatic N) is 1. The van der Waals surface area contributed by atoms with E-state index in [2.05, 4.69) is 6.92 Å². The summed E-state index contributed by atoms with van der Waals surface area (Å²) in [6.45, 7) is 2.46. The minimum absolute atomic E-state index is 0.0299. The summed E-state index contributed by atoms with van der Waals surface area (Å²) >= 11 is 0. The summed E-state index contributed by atoms with van der Waals surface area (Å²) in [6.07, 6.45) is 2.65. The molecule has 29 heavy (non-hydrogen) atoms. The van der Waals surface area contributed by atoms with Gasteiger partial charge in [0.2, 0.25) is 0 Å². The Kier molecular flexibility index (Phi) is 6.22. The van der Waals surface area contributed by atoms with Crippen LogP contribution in [0.3, 0.4) is 0 Å². The van der Waals surface area contributed by atoms with Gasteiger partial charge in [-0.2, -0.15) is 0 Å². The highest BCUT2D eigenvalue weighted by Gasteiger charge is 2.45. The summed E-state index contributed by atoms with van der Waals surface area (Å²) < 4.78 is 5.13. The number of benzene rings is 2. The highest BCUT2D eigenvalue weighted by Crippen LogP contribution is 2.40. The molecular formula is C23H25NO5. The molecule has 2 N–H and O–H groups in total. The highest BCUT2D eigenvalue weighted by molar-refractivity contribution is 6.46. The number of phenols is 1. The molecule has 0 bridgehead atoms. The van der Waals surface area contributed by atoms with Crippen molar-refractivity contribution in [3.05, 3.63) is 65.2 Å². The maximum absolute atomic E-state index is 12.9. The summed E-state index contributed by atoms with van der Waals surface area (Å²) in [4.78, 5) is 27.1. The smallest absolute Gasteiger partial charge is 0.295 e. The van der Waals surface area contributed by atoms with Gasteiger partial charge >= 0.3 is 0 Å². The van der Waals surface area contributed by atoms with Gasteiger partial charge in [-0.05, 0) is 48.4 Å². The summed E-state index contributed by atoms with van der Waals surface area (Å²) in [7, 11) is 1.54. The van der Waals surface area contributed by atoms with E-state index in [0.717, 1.165) is 19.3 Å². The van der Waals surface area contributed by atoms with Crippen molar-refractivity contribution in [1.29, 1.82) is 0 Å². The number of hydrogen-bond acceptors (Lipinski definition) is 5. The number of rotatable bonds is 7. The van der Waals surface area contributed by atoms with Crippen LogP contribution in [-0.2, 0) is 9.59 Å². The van der Waals surface area contributed by atoms with Crippen molar-refractivity contribution in [3.63, 3.8) is 0 Å². The molecule has 0 saturated carbocycles. The SMILES string of the molecule is CCCCCN1C(=O)C(=O)/C(=C(\O)c2ccc(OC)cc2)C1c1cccc(O)c1. The minimum atomic E-state index is -0.749. The van der Waals surface area contributed by atoms with Gasteiger partial charge in [0.05, 0.1) is 18.7 Å². The Morgan fingerprint density at radius 3 is 2.45 bits per heavy atom. The number of methoxy groups -OCH3 is 1. The topological polar surface area (TPSA) is 87.1 Å². The number of amides is 1. The van der Waals surface area contributed by atoms with Crippen LogP contribution in [-0.4, -0.2) is 40.5 Å². The monoisotopic (exact) mass is 395 g/mol. The maximum atomic E-state index is 12.9. The Bertz CT molecular complexity index is 933. The predicted molar refractivity (Wildman–Crippen MR) is 110 cm³/mol. The molecule has 3 rings (SSSR count). The molecule has 0 aromatic heterocycles. The van der Waals surface area contributed by atoms with E-state index in [1.54, 1.807) is 43.5 Å². The number of carbonyl (C=O) groups excluding carboxylic acids is 2. The van der Waals surface area contributed by atoms with E-state index in [0.29, 0.717) is 23.4 Å². The summed E-state index contributed by atoms with van der Waals surface area (Å²) in [5.74, 6) is -0.942. The number of aliphatic hydroxyl groups is 1. The number of aliphatic hydroxyl groups excluding tert-OH is 1. The quantitative estimate of drug-likeness (QED) is 0.320. The third-order valence-corrected chi connectivity index (χ3v) is 5.09. The zero-order valence-electron chi connectivity index (χ0n) is 16.6. The van der Waals surface area contributed by atoms with Crippen LogP contribution in [0.2, 0.25) is 0 Å². The number of hydrogen-bond donors (Lipinski definition) is 2. The van der Waals surface area contributed by atoms with Crippen LogP contribution in [0.5, 0.6) is 11.5 Å². The molecule has 1 amide bonds. The van der Waals surface area contributed by atoms with Gasteiger partial charge in [-0.15, -0.1) is 0 Å². The van der Waals surface area contributed by atoms with E-state index in [1.165, 1.54) is 17.0 Å². The first-order valence-corrected chi connectivity index (χ1v) is 9.69. The van der Waals surface area contributed by atoms with Gasteiger partial charge in [-0.3, -0.25) is 9.59 Å². The molecule has 1 aliphatic rings. The van der Waals surface area contributed by atoms with Gasteiger partial charge in [0, 0.05) is 12.1 Å². The Morgan fingerprint density at radius 1 is 1.10 bits per heavy atom. The lowest BCUT2D eigenvalue weighted by atomic mass is 9.95. The number of carbonyl (C=O) groups is 2. The molecule has 6 heteroatoms. The average Bonchev–Trinajstić information content (AvgIpc) is 2.98.